The van der Waals surface area contributed by atoms with Crippen LogP contribution in [0, 0.1) is 0 Å². The van der Waals surface area contributed by atoms with E-state index >= 15 is 0 Å². The Balaban J connectivity index is 1.99. The number of hydrogen-bond donors (Lipinski definition) is 2. The molecule has 2 aliphatic heterocycles. The maximum Gasteiger partial charge on any atom is 0.308 e. The lowest BCUT2D eigenvalue weighted by Gasteiger charge is -2.18. The summed E-state index contributed by atoms with van der Waals surface area (Å²) in [5.41, 5.74) is 0. The molecule has 0 amide bonds. The van der Waals surface area contributed by atoms with Crippen molar-refractivity contribution in [3.63, 3.8) is 0 Å². The lowest BCUT2D eigenvalue weighted by atomic mass is 10.0. The van der Waals surface area contributed by atoms with E-state index in [2.05, 4.69) is 0 Å². The zero-order valence-corrected chi connectivity index (χ0v) is 8.63. The molecule has 0 radical (unpaired) electrons. The van der Waals surface area contributed by atoms with Crippen molar-refractivity contribution in [2.45, 2.75) is 56.7 Å². The number of carbonyl (C=O) groups is 1. The first-order valence-corrected chi connectivity index (χ1v) is 5.27. The number of esters is 1. The van der Waals surface area contributed by atoms with Crippen molar-refractivity contribution in [3.05, 3.63) is 0 Å². The molecule has 0 aromatic carbocycles. The molecule has 2 fully saturated rings. The molecule has 0 aromatic heterocycles. The predicted molar refractivity (Wildman–Crippen MR) is 50.1 cm³/mol. The van der Waals surface area contributed by atoms with E-state index in [1.54, 1.807) is 6.92 Å². The second-order valence-electron chi connectivity index (χ2n) is 4.34. The van der Waals surface area contributed by atoms with Gasteiger partial charge in [0.15, 0.2) is 0 Å². The second kappa shape index (κ2) is 4.08. The van der Waals surface area contributed by atoms with E-state index in [4.69, 9.17) is 9.47 Å². The molecular formula is C10H16O5. The van der Waals surface area contributed by atoms with E-state index in [9.17, 15) is 15.0 Å². The number of hydrogen-bond acceptors (Lipinski definition) is 5. The third-order valence-corrected chi connectivity index (χ3v) is 2.81. The van der Waals surface area contributed by atoms with Gasteiger partial charge in [-0.25, -0.2) is 0 Å². The Bertz CT molecular complexity index is 254. The summed E-state index contributed by atoms with van der Waals surface area (Å²) in [7, 11) is 0. The van der Waals surface area contributed by atoms with Gasteiger partial charge >= 0.3 is 5.97 Å². The number of epoxide rings is 1. The van der Waals surface area contributed by atoms with Crippen LogP contribution >= 0.6 is 0 Å². The maximum absolute atomic E-state index is 11.2. The van der Waals surface area contributed by atoms with Gasteiger partial charge in [-0.3, -0.25) is 4.79 Å². The third kappa shape index (κ3) is 2.68. The molecule has 2 N–H and O–H groups in total. The van der Waals surface area contributed by atoms with Gasteiger partial charge in [0.05, 0.1) is 24.7 Å². The number of rotatable bonds is 0. The molecule has 86 valence electrons. The van der Waals surface area contributed by atoms with E-state index < -0.39 is 18.2 Å². The fourth-order valence-corrected chi connectivity index (χ4v) is 2.02. The Morgan fingerprint density at radius 1 is 1.33 bits per heavy atom. The van der Waals surface area contributed by atoms with Crippen molar-refractivity contribution in [2.24, 2.45) is 0 Å². The first-order valence-electron chi connectivity index (χ1n) is 5.27. The van der Waals surface area contributed by atoms with Gasteiger partial charge in [-0.2, -0.15) is 0 Å². The summed E-state index contributed by atoms with van der Waals surface area (Å²) < 4.78 is 10.3. The average Bonchev–Trinajstić information content (AvgIpc) is 2.80. The summed E-state index contributed by atoms with van der Waals surface area (Å²) >= 11 is 0. The third-order valence-electron chi connectivity index (χ3n) is 2.81. The first-order chi connectivity index (χ1) is 7.06. The second-order valence-corrected chi connectivity index (χ2v) is 4.34. The average molecular weight is 216 g/mol. The fraction of sp³-hybridized carbons (Fsp3) is 0.900. The summed E-state index contributed by atoms with van der Waals surface area (Å²) in [5.74, 6) is -0.415. The predicted octanol–water partition coefficient (Wildman–Crippen LogP) is -0.409. The van der Waals surface area contributed by atoms with Crippen LogP contribution in [0.4, 0.5) is 0 Å². The molecule has 5 nitrogen and oxygen atoms in total. The summed E-state index contributed by atoms with van der Waals surface area (Å²) in [6, 6.07) is 0. The topological polar surface area (TPSA) is 79.3 Å². The lowest BCUT2D eigenvalue weighted by molar-refractivity contribution is -0.151. The minimum Gasteiger partial charge on any atom is -0.462 e. The molecular weight excluding hydrogens is 200 g/mol. The molecule has 0 bridgehead atoms. The van der Waals surface area contributed by atoms with Crippen molar-refractivity contribution in [1.82, 2.24) is 0 Å². The number of carbonyl (C=O) groups excluding carboxylic acids is 1. The minimum absolute atomic E-state index is 0.0342. The highest BCUT2D eigenvalue weighted by atomic mass is 16.6. The quantitative estimate of drug-likeness (QED) is 0.425. The van der Waals surface area contributed by atoms with Gasteiger partial charge in [0.1, 0.15) is 12.2 Å². The number of aliphatic hydroxyl groups is 2. The SMILES string of the molecule is CC1CC2OC2C(O)CC(O)CC(=O)O1. The van der Waals surface area contributed by atoms with Gasteiger partial charge in [0.25, 0.3) is 0 Å². The van der Waals surface area contributed by atoms with Crippen molar-refractivity contribution >= 4 is 5.97 Å². The fourth-order valence-electron chi connectivity index (χ4n) is 2.02. The van der Waals surface area contributed by atoms with Gasteiger partial charge in [0.2, 0.25) is 0 Å². The highest BCUT2D eigenvalue weighted by Crippen LogP contribution is 2.33. The molecule has 2 saturated heterocycles. The molecule has 15 heavy (non-hydrogen) atoms. The van der Waals surface area contributed by atoms with Crippen LogP contribution in [0.3, 0.4) is 0 Å². The molecule has 0 aliphatic carbocycles. The zero-order chi connectivity index (χ0) is 11.0. The summed E-state index contributed by atoms with van der Waals surface area (Å²) in [6.07, 6.45) is -1.24. The monoisotopic (exact) mass is 216 g/mol. The van der Waals surface area contributed by atoms with Gasteiger partial charge in [-0.1, -0.05) is 0 Å². The van der Waals surface area contributed by atoms with Crippen molar-refractivity contribution in [2.75, 3.05) is 0 Å². The van der Waals surface area contributed by atoms with Crippen LogP contribution in [0.1, 0.15) is 26.2 Å². The van der Waals surface area contributed by atoms with Crippen molar-refractivity contribution in [1.29, 1.82) is 0 Å². The van der Waals surface area contributed by atoms with E-state index in [0.29, 0.717) is 6.42 Å². The van der Waals surface area contributed by atoms with Crippen LogP contribution in [0.25, 0.3) is 0 Å². The molecule has 2 rings (SSSR count). The Kier molecular flexibility index (Phi) is 2.95. The molecule has 0 aromatic rings. The van der Waals surface area contributed by atoms with Crippen molar-refractivity contribution in [3.8, 4) is 0 Å². The Labute approximate surface area is 88.0 Å². The molecule has 5 atom stereocenters. The van der Waals surface area contributed by atoms with Crippen molar-refractivity contribution < 1.29 is 24.5 Å². The molecule has 5 heteroatoms. The van der Waals surface area contributed by atoms with Crippen LogP contribution < -0.4 is 0 Å². The number of fused-ring (bicyclic) bond motifs is 1. The molecule has 0 saturated carbocycles. The minimum atomic E-state index is -0.845. The van der Waals surface area contributed by atoms with Crippen LogP contribution in [-0.2, 0) is 14.3 Å². The maximum atomic E-state index is 11.2. The number of cyclic esters (lactones) is 1. The highest BCUT2D eigenvalue weighted by Gasteiger charge is 2.46. The van der Waals surface area contributed by atoms with Crippen LogP contribution in [0.2, 0.25) is 0 Å². The molecule has 2 heterocycles. The zero-order valence-electron chi connectivity index (χ0n) is 8.63. The van der Waals surface area contributed by atoms with E-state index in [-0.39, 0.29) is 31.2 Å². The van der Waals surface area contributed by atoms with Gasteiger partial charge < -0.3 is 19.7 Å². The van der Waals surface area contributed by atoms with Gasteiger partial charge in [-0.15, -0.1) is 0 Å². The summed E-state index contributed by atoms with van der Waals surface area (Å²) in [5, 5.41) is 19.1. The molecule has 2 aliphatic rings. The van der Waals surface area contributed by atoms with E-state index in [1.165, 1.54) is 0 Å². The first kappa shape index (κ1) is 10.9. The molecule has 5 unspecified atom stereocenters. The number of ether oxygens (including phenoxy) is 2. The summed E-state index contributed by atoms with van der Waals surface area (Å²) in [6.45, 7) is 1.79. The van der Waals surface area contributed by atoms with Crippen LogP contribution in [0.5, 0.6) is 0 Å². The lowest BCUT2D eigenvalue weighted by Crippen LogP contribution is -2.30. The highest BCUT2D eigenvalue weighted by molar-refractivity contribution is 5.70. The van der Waals surface area contributed by atoms with Crippen LogP contribution in [0.15, 0.2) is 0 Å². The standard InChI is InChI=1S/C10H16O5/c1-5-2-8-10(15-8)7(12)3-6(11)4-9(13)14-5/h5-8,10-12H,2-4H2,1H3. The molecule has 0 spiro atoms. The van der Waals surface area contributed by atoms with E-state index in [0.717, 1.165) is 0 Å². The Morgan fingerprint density at radius 3 is 2.80 bits per heavy atom. The number of aliphatic hydroxyl groups excluding tert-OH is 2. The summed E-state index contributed by atoms with van der Waals surface area (Å²) in [4.78, 5) is 11.2. The van der Waals surface area contributed by atoms with E-state index in [1.807, 2.05) is 0 Å². The normalized spacial score (nSPS) is 46.6. The Morgan fingerprint density at radius 2 is 2.07 bits per heavy atom. The Hall–Kier alpha value is -0.650. The van der Waals surface area contributed by atoms with Crippen LogP contribution in [-0.4, -0.2) is 46.7 Å². The van der Waals surface area contributed by atoms with Gasteiger partial charge in [-0.05, 0) is 6.92 Å². The largest absolute Gasteiger partial charge is 0.462 e. The van der Waals surface area contributed by atoms with Gasteiger partial charge in [0, 0.05) is 12.8 Å². The smallest absolute Gasteiger partial charge is 0.308 e.